The Morgan fingerprint density at radius 3 is 2.62 bits per heavy atom. The number of aromatic nitrogens is 1. The van der Waals surface area contributed by atoms with Crippen LogP contribution in [0.5, 0.6) is 0 Å². The Labute approximate surface area is 152 Å². The van der Waals surface area contributed by atoms with Crippen molar-refractivity contribution in [3.05, 3.63) is 65.6 Å². The highest BCUT2D eigenvalue weighted by molar-refractivity contribution is 5.83. The van der Waals surface area contributed by atoms with Crippen molar-refractivity contribution in [1.82, 2.24) is 9.88 Å². The topological polar surface area (TPSA) is 51.3 Å². The van der Waals surface area contributed by atoms with Crippen molar-refractivity contribution in [2.45, 2.75) is 32.0 Å². The molecule has 1 fully saturated rings. The van der Waals surface area contributed by atoms with Crippen molar-refractivity contribution >= 4 is 16.6 Å². The molecule has 0 radical (unpaired) electrons. The molecule has 0 spiro atoms. The number of likely N-dealkylation sites (tertiary alicyclic amines) is 1. The van der Waals surface area contributed by atoms with Crippen LogP contribution in [0.1, 0.15) is 24.0 Å². The number of benzene rings is 2. The van der Waals surface area contributed by atoms with Crippen LogP contribution in [-0.2, 0) is 13.1 Å². The lowest BCUT2D eigenvalue weighted by Gasteiger charge is -2.29. The number of halogens is 1. The van der Waals surface area contributed by atoms with Gasteiger partial charge in [0.2, 0.25) is 0 Å². The van der Waals surface area contributed by atoms with E-state index in [-0.39, 0.29) is 11.9 Å². The summed E-state index contributed by atoms with van der Waals surface area (Å²) in [6, 6.07) is 13.5. The van der Waals surface area contributed by atoms with Crippen LogP contribution >= 0.6 is 0 Å². The fraction of sp³-hybridized carbons (Fsp3) is 0.333. The maximum atomic E-state index is 14.2. The number of piperidine rings is 1. The Kier molecular flexibility index (Phi) is 4.91. The molecule has 0 unspecified atom stereocenters. The lowest BCUT2D eigenvalue weighted by molar-refractivity contribution is 0.0792. The standard InChI is InChI=1S/C21H24FN3O/c22-20-5-6-21-18(7-10-23-21)19(20)13-24-16-3-1-15(2-4-16)14-25-11-8-17(26)9-12-25/h1-7,10,17,23-24,26H,8-9,11-14H2. The first kappa shape index (κ1) is 17.1. The fourth-order valence-electron chi connectivity index (χ4n) is 3.60. The van der Waals surface area contributed by atoms with E-state index in [1.807, 2.05) is 24.4 Å². The second-order valence-electron chi connectivity index (χ2n) is 7.02. The number of rotatable bonds is 5. The Morgan fingerprint density at radius 2 is 1.85 bits per heavy atom. The third-order valence-electron chi connectivity index (χ3n) is 5.18. The van der Waals surface area contributed by atoms with Crippen LogP contribution in [-0.4, -0.2) is 34.2 Å². The number of fused-ring (bicyclic) bond motifs is 1. The minimum atomic E-state index is -0.187. The summed E-state index contributed by atoms with van der Waals surface area (Å²) in [6.07, 6.45) is 3.41. The normalized spacial score (nSPS) is 16.2. The summed E-state index contributed by atoms with van der Waals surface area (Å²) in [4.78, 5) is 5.49. The number of anilines is 1. The van der Waals surface area contributed by atoms with E-state index in [1.54, 1.807) is 6.07 Å². The average Bonchev–Trinajstić information content (AvgIpc) is 3.13. The van der Waals surface area contributed by atoms with Gasteiger partial charge in [-0.2, -0.15) is 0 Å². The zero-order chi connectivity index (χ0) is 17.9. The SMILES string of the molecule is OC1CCN(Cc2ccc(NCc3c(F)ccc4[nH]ccc34)cc2)CC1. The highest BCUT2D eigenvalue weighted by Gasteiger charge is 2.16. The Morgan fingerprint density at radius 1 is 1.08 bits per heavy atom. The molecule has 1 saturated heterocycles. The van der Waals surface area contributed by atoms with Crippen molar-refractivity contribution < 1.29 is 9.50 Å². The summed E-state index contributed by atoms with van der Waals surface area (Å²) in [5.74, 6) is -0.187. The molecule has 0 bridgehead atoms. The maximum Gasteiger partial charge on any atom is 0.128 e. The molecule has 0 aliphatic carbocycles. The van der Waals surface area contributed by atoms with Gasteiger partial charge in [0.1, 0.15) is 5.82 Å². The largest absolute Gasteiger partial charge is 0.393 e. The van der Waals surface area contributed by atoms with Crippen molar-refractivity contribution in [1.29, 1.82) is 0 Å². The first-order valence-corrected chi connectivity index (χ1v) is 9.17. The van der Waals surface area contributed by atoms with Crippen molar-refractivity contribution in [3.63, 3.8) is 0 Å². The third kappa shape index (κ3) is 3.74. The van der Waals surface area contributed by atoms with E-state index >= 15 is 0 Å². The first-order valence-electron chi connectivity index (χ1n) is 9.17. The molecule has 3 N–H and O–H groups in total. The number of hydrogen-bond acceptors (Lipinski definition) is 3. The molecule has 0 atom stereocenters. The van der Waals surface area contributed by atoms with Crippen LogP contribution in [0, 0.1) is 5.82 Å². The van der Waals surface area contributed by atoms with Crippen LogP contribution in [0.4, 0.5) is 10.1 Å². The Hall–Kier alpha value is -2.37. The monoisotopic (exact) mass is 353 g/mol. The molecule has 2 heterocycles. The predicted octanol–water partition coefficient (Wildman–Crippen LogP) is 3.88. The molecule has 0 amide bonds. The van der Waals surface area contributed by atoms with E-state index in [0.717, 1.165) is 49.1 Å². The van der Waals surface area contributed by atoms with Crippen LogP contribution in [0.2, 0.25) is 0 Å². The minimum Gasteiger partial charge on any atom is -0.393 e. The van der Waals surface area contributed by atoms with Gasteiger partial charge in [-0.05, 0) is 48.7 Å². The van der Waals surface area contributed by atoms with Gasteiger partial charge in [0.05, 0.1) is 6.10 Å². The molecule has 2 aromatic carbocycles. The molecule has 4 rings (SSSR count). The number of nitrogens with one attached hydrogen (secondary N) is 2. The van der Waals surface area contributed by atoms with Gasteiger partial charge in [0, 0.05) is 54.5 Å². The lowest BCUT2D eigenvalue weighted by Crippen LogP contribution is -2.35. The molecule has 1 aromatic heterocycles. The Balaban J connectivity index is 1.38. The van der Waals surface area contributed by atoms with Gasteiger partial charge in [0.15, 0.2) is 0 Å². The zero-order valence-electron chi connectivity index (χ0n) is 14.7. The second-order valence-corrected chi connectivity index (χ2v) is 7.02. The summed E-state index contributed by atoms with van der Waals surface area (Å²) in [7, 11) is 0. The summed E-state index contributed by atoms with van der Waals surface area (Å²) >= 11 is 0. The van der Waals surface area contributed by atoms with E-state index in [0.29, 0.717) is 12.1 Å². The lowest BCUT2D eigenvalue weighted by atomic mass is 10.1. The quantitative estimate of drug-likeness (QED) is 0.652. The molecule has 1 aliphatic rings. The van der Waals surface area contributed by atoms with Gasteiger partial charge >= 0.3 is 0 Å². The molecule has 4 nitrogen and oxygen atoms in total. The highest BCUT2D eigenvalue weighted by Crippen LogP contribution is 2.22. The average molecular weight is 353 g/mol. The van der Waals surface area contributed by atoms with E-state index in [1.165, 1.54) is 11.6 Å². The van der Waals surface area contributed by atoms with E-state index in [2.05, 4.69) is 27.3 Å². The van der Waals surface area contributed by atoms with E-state index in [4.69, 9.17) is 0 Å². The molecule has 3 aromatic rings. The van der Waals surface area contributed by atoms with Gasteiger partial charge in [0.25, 0.3) is 0 Å². The van der Waals surface area contributed by atoms with Gasteiger partial charge in [-0.25, -0.2) is 4.39 Å². The summed E-state index contributed by atoms with van der Waals surface area (Å²) in [6.45, 7) is 3.25. The molecule has 0 saturated carbocycles. The summed E-state index contributed by atoms with van der Waals surface area (Å²) in [5.41, 5.74) is 3.87. The van der Waals surface area contributed by atoms with Gasteiger partial charge < -0.3 is 15.4 Å². The van der Waals surface area contributed by atoms with E-state index in [9.17, 15) is 9.50 Å². The number of aromatic amines is 1. The first-order chi connectivity index (χ1) is 12.7. The number of aliphatic hydroxyl groups is 1. The molecule has 5 heteroatoms. The highest BCUT2D eigenvalue weighted by atomic mass is 19.1. The number of nitrogens with zero attached hydrogens (tertiary/aromatic N) is 1. The van der Waals surface area contributed by atoms with Gasteiger partial charge in [-0.15, -0.1) is 0 Å². The molecule has 136 valence electrons. The summed E-state index contributed by atoms with van der Waals surface area (Å²) in [5, 5.41) is 13.8. The second kappa shape index (κ2) is 7.48. The molecular formula is C21H24FN3O. The third-order valence-corrected chi connectivity index (χ3v) is 5.18. The van der Waals surface area contributed by atoms with Crippen LogP contribution < -0.4 is 5.32 Å². The molecule has 26 heavy (non-hydrogen) atoms. The number of hydrogen-bond donors (Lipinski definition) is 3. The smallest absolute Gasteiger partial charge is 0.128 e. The number of H-pyrrole nitrogens is 1. The van der Waals surface area contributed by atoms with Crippen LogP contribution in [0.3, 0.4) is 0 Å². The maximum absolute atomic E-state index is 14.2. The predicted molar refractivity (Wildman–Crippen MR) is 103 cm³/mol. The van der Waals surface area contributed by atoms with Crippen LogP contribution in [0.25, 0.3) is 10.9 Å². The zero-order valence-corrected chi connectivity index (χ0v) is 14.7. The fourth-order valence-corrected chi connectivity index (χ4v) is 3.60. The van der Waals surface area contributed by atoms with Crippen LogP contribution in [0.15, 0.2) is 48.7 Å². The minimum absolute atomic E-state index is 0.136. The van der Waals surface area contributed by atoms with Gasteiger partial charge in [-0.1, -0.05) is 12.1 Å². The van der Waals surface area contributed by atoms with Crippen molar-refractivity contribution in [2.75, 3.05) is 18.4 Å². The Bertz CT molecular complexity index is 867. The van der Waals surface area contributed by atoms with E-state index < -0.39 is 0 Å². The number of aliphatic hydroxyl groups excluding tert-OH is 1. The summed E-state index contributed by atoms with van der Waals surface area (Å²) < 4.78 is 14.2. The van der Waals surface area contributed by atoms with Gasteiger partial charge in [-0.3, -0.25) is 4.90 Å². The molecule has 1 aliphatic heterocycles. The van der Waals surface area contributed by atoms with Crippen molar-refractivity contribution in [3.8, 4) is 0 Å². The van der Waals surface area contributed by atoms with Crippen molar-refractivity contribution in [2.24, 2.45) is 0 Å². The molecular weight excluding hydrogens is 329 g/mol.